The van der Waals surface area contributed by atoms with Crippen molar-refractivity contribution in [1.82, 2.24) is 24.6 Å². The number of rotatable bonds is 8. The van der Waals surface area contributed by atoms with E-state index in [1.54, 1.807) is 20.2 Å². The second-order valence-electron chi connectivity index (χ2n) is 8.51. The highest BCUT2D eigenvalue weighted by Crippen LogP contribution is 2.49. The zero-order valence-corrected chi connectivity index (χ0v) is 20.3. The minimum atomic E-state index is -1.35. The van der Waals surface area contributed by atoms with Gasteiger partial charge in [0.05, 0.1) is 25.5 Å². The molecule has 0 amide bonds. The van der Waals surface area contributed by atoms with Crippen LogP contribution < -0.4 is 15.6 Å². The van der Waals surface area contributed by atoms with Crippen LogP contribution in [0.2, 0.25) is 0 Å². The van der Waals surface area contributed by atoms with E-state index in [1.807, 2.05) is 18.4 Å². The van der Waals surface area contributed by atoms with Crippen LogP contribution in [-0.4, -0.2) is 63.6 Å². The van der Waals surface area contributed by atoms with Crippen LogP contribution >= 0.6 is 8.53 Å². The Bertz CT molecular complexity index is 989. The van der Waals surface area contributed by atoms with Gasteiger partial charge in [-0.2, -0.15) is 9.97 Å². The molecule has 3 N–H and O–H groups in total. The van der Waals surface area contributed by atoms with Gasteiger partial charge in [0, 0.05) is 12.0 Å². The third-order valence-electron chi connectivity index (χ3n) is 5.46. The number of ether oxygens (including phenoxy) is 3. The summed E-state index contributed by atoms with van der Waals surface area (Å²) in [7, 11) is -1.35. The molecule has 0 radical (unpaired) electrons. The summed E-state index contributed by atoms with van der Waals surface area (Å²) in [4.78, 5) is 24.6. The second-order valence-corrected chi connectivity index (χ2v) is 9.75. The molecule has 2 aromatic heterocycles. The number of anilines is 1. The molecule has 2 fully saturated rings. The summed E-state index contributed by atoms with van der Waals surface area (Å²) in [5.74, 6) is 0.0521. The van der Waals surface area contributed by atoms with Crippen molar-refractivity contribution in [3.05, 3.63) is 6.33 Å². The third kappa shape index (κ3) is 5.04. The summed E-state index contributed by atoms with van der Waals surface area (Å²) < 4.78 is 31.1. The highest BCUT2D eigenvalue weighted by molar-refractivity contribution is 7.45. The van der Waals surface area contributed by atoms with Crippen LogP contribution in [0.4, 0.5) is 5.95 Å². The Morgan fingerprint density at radius 1 is 1.39 bits per heavy atom. The maximum atomic E-state index is 11.7. The topological polar surface area (TPSA) is 145 Å². The SMILES string of the molecule is CCOc1nc(N)nc2c1ncn2[C@@H]1O[C@@H]2COP(N[C@@H](C)COC(=O)C(C)C)O[C@H]2[C@@H]1C. The number of nitrogens with zero attached hydrogens (tertiary/aromatic N) is 4. The summed E-state index contributed by atoms with van der Waals surface area (Å²) in [5, 5.41) is 3.27. The maximum absolute atomic E-state index is 11.7. The summed E-state index contributed by atoms with van der Waals surface area (Å²) in [6, 6.07) is -0.113. The fraction of sp³-hybridized carbons (Fsp3) is 0.700. The standard InChI is InChI=1S/C20H31N6O6P/c1-6-28-17-14-16(23-20(21)24-17)26(9-22-14)18-12(5)15-13(31-18)8-30-33(32-15)25-11(4)7-29-19(27)10(2)3/h9-13,15,18,25H,6-8H2,1-5H3,(H2,21,23,24)/t11-,12-,13+,15-,18+,33?/m0/s1. The molecule has 0 aliphatic carbocycles. The van der Waals surface area contributed by atoms with Gasteiger partial charge in [0.1, 0.15) is 25.0 Å². The molecule has 13 heteroatoms. The average Bonchev–Trinajstić information content (AvgIpc) is 3.33. The molecule has 1 unspecified atom stereocenters. The smallest absolute Gasteiger partial charge is 0.308 e. The minimum absolute atomic E-state index is 0.0103. The van der Waals surface area contributed by atoms with E-state index in [-0.39, 0.29) is 54.8 Å². The first kappa shape index (κ1) is 24.0. The van der Waals surface area contributed by atoms with Gasteiger partial charge in [0.2, 0.25) is 11.8 Å². The maximum Gasteiger partial charge on any atom is 0.308 e. The van der Waals surface area contributed by atoms with E-state index in [2.05, 4.69) is 27.0 Å². The van der Waals surface area contributed by atoms with Crippen LogP contribution in [0, 0.1) is 11.8 Å². The Kier molecular flexibility index (Phi) is 7.30. The van der Waals surface area contributed by atoms with Gasteiger partial charge in [0.25, 0.3) is 8.53 Å². The largest absolute Gasteiger partial charge is 0.476 e. The molecule has 2 aliphatic rings. The Balaban J connectivity index is 1.43. The lowest BCUT2D eigenvalue weighted by Gasteiger charge is -2.33. The lowest BCUT2D eigenvalue weighted by Crippen LogP contribution is -2.39. The number of carbonyl (C=O) groups is 1. The molecule has 2 aliphatic heterocycles. The normalized spacial score (nSPS) is 28.1. The second kappa shape index (κ2) is 10.0. The van der Waals surface area contributed by atoms with E-state index in [9.17, 15) is 4.79 Å². The van der Waals surface area contributed by atoms with Crippen LogP contribution in [-0.2, 0) is 23.3 Å². The number of imidazole rings is 1. The van der Waals surface area contributed by atoms with Gasteiger partial charge >= 0.3 is 5.97 Å². The Morgan fingerprint density at radius 3 is 2.91 bits per heavy atom. The Labute approximate surface area is 193 Å². The lowest BCUT2D eigenvalue weighted by molar-refractivity contribution is -0.147. The van der Waals surface area contributed by atoms with Gasteiger partial charge in [0.15, 0.2) is 11.2 Å². The number of hydrogen-bond donors (Lipinski definition) is 2. The van der Waals surface area contributed by atoms with Crippen molar-refractivity contribution in [2.75, 3.05) is 25.6 Å². The number of nitrogens with two attached hydrogens (primary N) is 1. The van der Waals surface area contributed by atoms with E-state index in [1.165, 1.54) is 0 Å². The van der Waals surface area contributed by atoms with Crippen molar-refractivity contribution >= 4 is 31.6 Å². The highest BCUT2D eigenvalue weighted by Gasteiger charge is 2.48. The summed E-state index contributed by atoms with van der Waals surface area (Å²) >= 11 is 0. The van der Waals surface area contributed by atoms with E-state index in [0.29, 0.717) is 30.3 Å². The van der Waals surface area contributed by atoms with Crippen LogP contribution in [0.5, 0.6) is 5.88 Å². The summed E-state index contributed by atoms with van der Waals surface area (Å²) in [5.41, 5.74) is 6.97. The number of esters is 1. The van der Waals surface area contributed by atoms with Gasteiger partial charge in [-0.1, -0.05) is 20.8 Å². The number of aromatic nitrogens is 4. The van der Waals surface area contributed by atoms with Gasteiger partial charge in [-0.15, -0.1) is 0 Å². The van der Waals surface area contributed by atoms with Crippen LogP contribution in [0.15, 0.2) is 6.33 Å². The first-order valence-corrected chi connectivity index (χ1v) is 12.3. The number of fused-ring (bicyclic) bond motifs is 2. The minimum Gasteiger partial charge on any atom is -0.476 e. The summed E-state index contributed by atoms with van der Waals surface area (Å²) in [6.45, 7) is 10.5. The molecule has 182 valence electrons. The van der Waals surface area contributed by atoms with Crippen molar-refractivity contribution in [3.63, 3.8) is 0 Å². The molecule has 0 spiro atoms. The van der Waals surface area contributed by atoms with Gasteiger partial charge < -0.3 is 29.0 Å². The van der Waals surface area contributed by atoms with E-state index in [0.717, 1.165) is 0 Å². The van der Waals surface area contributed by atoms with Gasteiger partial charge in [-0.3, -0.25) is 9.36 Å². The zero-order valence-electron chi connectivity index (χ0n) is 19.4. The summed E-state index contributed by atoms with van der Waals surface area (Å²) in [6.07, 6.45) is 0.877. The molecule has 4 heterocycles. The molecular formula is C20H31N6O6P. The van der Waals surface area contributed by atoms with Crippen LogP contribution in [0.3, 0.4) is 0 Å². The zero-order chi connectivity index (χ0) is 23.7. The van der Waals surface area contributed by atoms with Crippen LogP contribution in [0.25, 0.3) is 11.2 Å². The van der Waals surface area contributed by atoms with Crippen molar-refractivity contribution < 1.29 is 28.1 Å². The number of nitrogens with one attached hydrogen (secondary N) is 1. The molecule has 33 heavy (non-hydrogen) atoms. The predicted molar refractivity (Wildman–Crippen MR) is 120 cm³/mol. The van der Waals surface area contributed by atoms with Gasteiger partial charge in [-0.05, 0) is 13.8 Å². The van der Waals surface area contributed by atoms with Crippen molar-refractivity contribution in [1.29, 1.82) is 0 Å². The Hall–Kier alpha value is -2.11. The highest BCUT2D eigenvalue weighted by atomic mass is 31.2. The molecule has 4 rings (SSSR count). The first-order valence-electron chi connectivity index (χ1n) is 11.1. The molecule has 2 aromatic rings. The Morgan fingerprint density at radius 2 is 2.18 bits per heavy atom. The van der Waals surface area contributed by atoms with Crippen molar-refractivity contribution in [2.45, 2.75) is 59.1 Å². The van der Waals surface area contributed by atoms with Crippen molar-refractivity contribution in [3.8, 4) is 5.88 Å². The number of nitrogen functional groups attached to an aromatic ring is 1. The van der Waals surface area contributed by atoms with E-state index < -0.39 is 8.53 Å². The molecule has 0 bridgehead atoms. The van der Waals surface area contributed by atoms with Crippen LogP contribution in [0.1, 0.15) is 40.8 Å². The van der Waals surface area contributed by atoms with E-state index >= 15 is 0 Å². The fourth-order valence-corrected chi connectivity index (χ4v) is 5.23. The predicted octanol–water partition coefficient (Wildman–Crippen LogP) is 2.16. The monoisotopic (exact) mass is 482 g/mol. The molecule has 0 saturated carbocycles. The number of carbonyl (C=O) groups excluding carboxylic acids is 1. The number of hydrogen-bond acceptors (Lipinski definition) is 11. The average molecular weight is 482 g/mol. The first-order chi connectivity index (χ1) is 15.8. The van der Waals surface area contributed by atoms with Crippen molar-refractivity contribution in [2.24, 2.45) is 11.8 Å². The lowest BCUT2D eigenvalue weighted by atomic mass is 10.0. The van der Waals surface area contributed by atoms with Gasteiger partial charge in [-0.25, -0.2) is 10.1 Å². The fourth-order valence-electron chi connectivity index (χ4n) is 3.77. The molecule has 12 nitrogen and oxygen atoms in total. The molecule has 0 aromatic carbocycles. The quantitative estimate of drug-likeness (QED) is 0.422. The van der Waals surface area contributed by atoms with E-state index in [4.69, 9.17) is 29.0 Å². The molecule has 2 saturated heterocycles. The molecule has 6 atom stereocenters. The molecular weight excluding hydrogens is 451 g/mol. The third-order valence-corrected chi connectivity index (χ3v) is 6.93.